The molecular formula is C44H50F5N7O4. The molecule has 0 aliphatic carbocycles. The van der Waals surface area contributed by atoms with Crippen LogP contribution < -0.4 is 24.4 Å². The Morgan fingerprint density at radius 3 is 2.45 bits per heavy atom. The molecule has 1 atom stereocenters. The number of hydrogen-bond acceptors (Lipinski definition) is 11. The summed E-state index contributed by atoms with van der Waals surface area (Å²) in [5.41, 5.74) is 0.932. The van der Waals surface area contributed by atoms with Crippen molar-refractivity contribution in [1.82, 2.24) is 30.2 Å². The van der Waals surface area contributed by atoms with Crippen LogP contribution in [0.2, 0.25) is 0 Å². The van der Waals surface area contributed by atoms with Gasteiger partial charge < -0.3 is 29.5 Å². The van der Waals surface area contributed by atoms with Gasteiger partial charge in [-0.25, -0.2) is 18.7 Å². The lowest BCUT2D eigenvalue weighted by atomic mass is 9.95. The van der Waals surface area contributed by atoms with E-state index in [0.717, 1.165) is 70.9 Å². The van der Waals surface area contributed by atoms with E-state index in [0.29, 0.717) is 40.7 Å². The van der Waals surface area contributed by atoms with Crippen molar-refractivity contribution in [3.63, 3.8) is 0 Å². The fraction of sp³-hybridized carbons (Fsp3) is 0.455. The van der Waals surface area contributed by atoms with Gasteiger partial charge in [-0.3, -0.25) is 4.90 Å². The maximum atomic E-state index is 16.9. The lowest BCUT2D eigenvalue weighted by Crippen LogP contribution is -2.51. The van der Waals surface area contributed by atoms with Crippen molar-refractivity contribution in [2.24, 2.45) is 0 Å². The summed E-state index contributed by atoms with van der Waals surface area (Å²) in [5, 5.41) is 15.5. The predicted molar refractivity (Wildman–Crippen MR) is 221 cm³/mol. The van der Waals surface area contributed by atoms with E-state index in [2.05, 4.69) is 35.5 Å². The maximum Gasteiger partial charge on any atom is 0.573 e. The summed E-state index contributed by atoms with van der Waals surface area (Å²) in [4.78, 5) is 22.7. The largest absolute Gasteiger partial charge is 0.573 e. The number of anilines is 1. The number of pyridine rings is 2. The van der Waals surface area contributed by atoms with Crippen molar-refractivity contribution < 1.29 is 41.3 Å². The Bertz CT molecular complexity index is 2350. The number of methoxy groups -OCH3 is 1. The first kappa shape index (κ1) is 44.0. The van der Waals surface area contributed by atoms with E-state index < -0.39 is 23.7 Å². The molecule has 0 bridgehead atoms. The third kappa shape index (κ3) is 8.83. The summed E-state index contributed by atoms with van der Waals surface area (Å²) in [6, 6.07) is 8.40. The first-order chi connectivity index (χ1) is 29.0. The molecule has 2 N–H and O–H groups in total. The van der Waals surface area contributed by atoms with Gasteiger partial charge in [-0.2, -0.15) is 9.97 Å². The summed E-state index contributed by atoms with van der Waals surface area (Å²) in [7, 11) is 1.21. The van der Waals surface area contributed by atoms with Gasteiger partial charge in [-0.1, -0.05) is 39.7 Å². The summed E-state index contributed by atoms with van der Waals surface area (Å²) in [6.07, 6.45) is 8.09. The van der Waals surface area contributed by atoms with Crippen molar-refractivity contribution in [3.05, 3.63) is 65.5 Å². The van der Waals surface area contributed by atoms with Crippen LogP contribution in [0.4, 0.5) is 27.8 Å². The SMILES string of the molecule is C#Cc1c(F)ccc2cc(O)cc(-c3nc4c5c(nc(OCC67CCCN6CCC7)nc5c3F)N3CCNCC3CC4)c12.CC.CC.COc1ncccc1OC(F)(F)F. The predicted octanol–water partition coefficient (Wildman–Crippen LogP) is 8.58. The second kappa shape index (κ2) is 18.8. The minimum absolute atomic E-state index is 0.00722. The Kier molecular flexibility index (Phi) is 13.8. The van der Waals surface area contributed by atoms with E-state index in [1.165, 1.54) is 43.6 Å². The minimum atomic E-state index is -4.73. The van der Waals surface area contributed by atoms with E-state index in [1.54, 1.807) is 0 Å². The molecule has 3 aromatic heterocycles. The average Bonchev–Trinajstić information content (AvgIpc) is 3.80. The molecule has 0 radical (unpaired) electrons. The number of nitrogens with one attached hydrogen (secondary N) is 1. The Morgan fingerprint density at radius 2 is 1.75 bits per heavy atom. The smallest absolute Gasteiger partial charge is 0.508 e. The lowest BCUT2D eigenvalue weighted by molar-refractivity contribution is -0.275. The van der Waals surface area contributed by atoms with Crippen LogP contribution in [0, 0.1) is 24.0 Å². The zero-order valence-electron chi connectivity index (χ0n) is 34.4. The number of aromatic hydroxyl groups is 1. The second-order valence-corrected chi connectivity index (χ2v) is 14.3. The zero-order valence-corrected chi connectivity index (χ0v) is 34.4. The average molecular weight is 836 g/mol. The number of halogens is 5. The molecule has 9 rings (SSSR count). The van der Waals surface area contributed by atoms with Gasteiger partial charge in [0, 0.05) is 42.8 Å². The van der Waals surface area contributed by atoms with Crippen LogP contribution in [0.5, 0.6) is 23.4 Å². The third-order valence-electron chi connectivity index (χ3n) is 11.0. The van der Waals surface area contributed by atoms with Crippen LogP contribution in [-0.4, -0.2) is 94.3 Å². The number of fused-ring (bicyclic) bond motifs is 4. The van der Waals surface area contributed by atoms with Crippen LogP contribution >= 0.6 is 0 Å². The number of alkyl halides is 3. The van der Waals surface area contributed by atoms with Crippen molar-refractivity contribution in [3.8, 4) is 47.0 Å². The lowest BCUT2D eigenvalue weighted by Gasteiger charge is -2.36. The molecule has 0 saturated carbocycles. The molecular weight excluding hydrogens is 786 g/mol. The number of phenols is 1. The molecule has 320 valence electrons. The number of aromatic nitrogens is 4. The van der Waals surface area contributed by atoms with Gasteiger partial charge in [0.05, 0.1) is 29.3 Å². The standard InChI is InChI=1S/C33H32F2N6O2.C7H6F3NO2.2C2H6/c1-2-22-24(34)7-5-19-15-21(42)16-23(26(19)22)29-28(35)30-27-25(37-29)8-6-20-17-36-11-14-41(20)31(27)39-32(38-30)43-18-33-9-3-12-40(33)13-4-10-33;1-12-6-5(3-2-4-11-6)13-7(8,9)10;2*1-2/h1,5,7,15-16,20,36,42H,3-4,6,8-14,17-18H2;2-4H,1H3;2*1-2H3. The molecule has 1 unspecified atom stereocenters. The summed E-state index contributed by atoms with van der Waals surface area (Å²) in [6.45, 7) is 12.9. The van der Waals surface area contributed by atoms with Crippen molar-refractivity contribution >= 4 is 27.5 Å². The number of piperazine rings is 1. The Balaban J connectivity index is 0.000000302. The highest BCUT2D eigenvalue weighted by Gasteiger charge is 2.45. The fourth-order valence-corrected chi connectivity index (χ4v) is 8.58. The quantitative estimate of drug-likeness (QED) is 0.127. The van der Waals surface area contributed by atoms with E-state index in [1.807, 2.05) is 27.7 Å². The Hall–Kier alpha value is -5.53. The molecule has 5 aromatic rings. The van der Waals surface area contributed by atoms with E-state index in [-0.39, 0.29) is 51.6 Å². The van der Waals surface area contributed by atoms with Crippen LogP contribution in [-0.2, 0) is 6.42 Å². The van der Waals surface area contributed by atoms with Gasteiger partial charge in [0.15, 0.2) is 11.6 Å². The molecule has 2 aromatic carbocycles. The van der Waals surface area contributed by atoms with Gasteiger partial charge in [-0.05, 0) is 87.3 Å². The highest BCUT2D eigenvalue weighted by Crippen LogP contribution is 2.43. The normalized spacial score (nSPS) is 17.7. The van der Waals surface area contributed by atoms with Crippen LogP contribution in [0.25, 0.3) is 32.9 Å². The molecule has 11 nitrogen and oxygen atoms in total. The molecule has 4 aliphatic heterocycles. The van der Waals surface area contributed by atoms with Crippen molar-refractivity contribution in [2.75, 3.05) is 51.3 Å². The molecule has 7 heterocycles. The molecule has 60 heavy (non-hydrogen) atoms. The van der Waals surface area contributed by atoms with E-state index in [4.69, 9.17) is 26.1 Å². The number of terminal acetylenes is 1. The molecule has 0 spiro atoms. The molecule has 3 fully saturated rings. The summed E-state index contributed by atoms with van der Waals surface area (Å²) in [5.74, 6) is 1.04. The van der Waals surface area contributed by atoms with Crippen LogP contribution in [0.3, 0.4) is 0 Å². The number of ether oxygens (including phenoxy) is 3. The molecule has 16 heteroatoms. The topological polar surface area (TPSA) is 118 Å². The van der Waals surface area contributed by atoms with Gasteiger partial charge >= 0.3 is 12.4 Å². The molecule has 3 saturated heterocycles. The number of rotatable bonds is 6. The second-order valence-electron chi connectivity index (χ2n) is 14.3. The van der Waals surface area contributed by atoms with Crippen molar-refractivity contribution in [1.29, 1.82) is 0 Å². The first-order valence-electron chi connectivity index (χ1n) is 20.4. The maximum absolute atomic E-state index is 16.9. The van der Waals surface area contributed by atoms with E-state index >= 15 is 4.39 Å². The number of benzene rings is 2. The van der Waals surface area contributed by atoms with E-state index in [9.17, 15) is 22.7 Å². The number of aryl methyl sites for hydroxylation is 1. The highest BCUT2D eigenvalue weighted by molar-refractivity contribution is 6.03. The van der Waals surface area contributed by atoms with Gasteiger partial charge in [0.2, 0.25) is 0 Å². The number of hydrogen-bond donors (Lipinski definition) is 2. The fourth-order valence-electron chi connectivity index (χ4n) is 8.58. The van der Waals surface area contributed by atoms with Crippen LogP contribution in [0.15, 0.2) is 42.6 Å². The molecule has 0 amide bonds. The van der Waals surface area contributed by atoms with Gasteiger partial charge in [0.1, 0.15) is 35.2 Å². The first-order valence-corrected chi connectivity index (χ1v) is 20.4. The summed E-state index contributed by atoms with van der Waals surface area (Å²) < 4.78 is 81.6. The number of nitrogens with zero attached hydrogens (tertiary/aromatic N) is 6. The third-order valence-corrected chi connectivity index (χ3v) is 11.0. The van der Waals surface area contributed by atoms with Crippen molar-refractivity contribution in [2.45, 2.75) is 84.2 Å². The monoisotopic (exact) mass is 835 g/mol. The van der Waals surface area contributed by atoms with Gasteiger partial charge in [-0.15, -0.1) is 19.6 Å². The van der Waals surface area contributed by atoms with Gasteiger partial charge in [0.25, 0.3) is 5.88 Å². The minimum Gasteiger partial charge on any atom is -0.508 e. The summed E-state index contributed by atoms with van der Waals surface area (Å²) >= 11 is 0. The Morgan fingerprint density at radius 1 is 1.00 bits per heavy atom. The molecule has 4 aliphatic rings. The number of phenolic OH excluding ortho intramolecular Hbond substituents is 1. The van der Waals surface area contributed by atoms with Crippen LogP contribution in [0.1, 0.15) is 71.1 Å². The Labute approximate surface area is 346 Å². The zero-order chi connectivity index (χ0) is 43.2. The highest BCUT2D eigenvalue weighted by atomic mass is 19.4.